The fourth-order valence-electron chi connectivity index (χ4n) is 4.33. The van der Waals surface area contributed by atoms with Gasteiger partial charge in [0.15, 0.2) is 5.78 Å². The maximum Gasteiger partial charge on any atom is 0.261 e. The Kier molecular flexibility index (Phi) is 12.5. The van der Waals surface area contributed by atoms with Crippen molar-refractivity contribution in [3.8, 4) is 0 Å². The third-order valence-electron chi connectivity index (χ3n) is 6.71. The van der Waals surface area contributed by atoms with E-state index in [1.165, 1.54) is 20.4 Å². The van der Waals surface area contributed by atoms with Crippen LogP contribution in [-0.4, -0.2) is 75.5 Å². The normalized spacial score (nSPS) is 18.7. The zero-order chi connectivity index (χ0) is 30.5. The minimum absolute atomic E-state index is 0.0437. The quantitative estimate of drug-likeness (QED) is 0.350. The van der Waals surface area contributed by atoms with Gasteiger partial charge < -0.3 is 24.4 Å². The lowest BCUT2D eigenvalue weighted by Gasteiger charge is -2.23. The summed E-state index contributed by atoms with van der Waals surface area (Å²) in [6.07, 6.45) is 10.0. The van der Waals surface area contributed by atoms with Crippen LogP contribution in [0.15, 0.2) is 72.8 Å². The lowest BCUT2D eigenvalue weighted by molar-refractivity contribution is -0.121. The Balaban J connectivity index is 0.000000200. The van der Waals surface area contributed by atoms with Crippen LogP contribution in [0, 0.1) is 5.41 Å². The summed E-state index contributed by atoms with van der Waals surface area (Å²) in [6.45, 7) is 11.1. The van der Waals surface area contributed by atoms with Gasteiger partial charge in [0, 0.05) is 31.5 Å². The molecule has 0 saturated carbocycles. The number of ether oxygens (including phenoxy) is 3. The summed E-state index contributed by atoms with van der Waals surface area (Å²) in [4.78, 5) is 36.6. The summed E-state index contributed by atoms with van der Waals surface area (Å²) < 4.78 is 16.1. The van der Waals surface area contributed by atoms with Gasteiger partial charge in [-0.25, -0.2) is 0 Å². The van der Waals surface area contributed by atoms with Crippen molar-refractivity contribution in [1.29, 1.82) is 0 Å². The number of ketones is 1. The number of hydrogen-bond donors (Lipinski definition) is 1. The van der Waals surface area contributed by atoms with E-state index in [0.29, 0.717) is 43.2 Å². The number of nitrogens with zero attached hydrogens (tertiary/aromatic N) is 2. The fraction of sp³-hybridized carbons (Fsp3) is 0.424. The number of imide groups is 1. The van der Waals surface area contributed by atoms with Crippen LogP contribution >= 0.6 is 0 Å². The Morgan fingerprint density at radius 3 is 2.26 bits per heavy atom. The Morgan fingerprint density at radius 1 is 1.05 bits per heavy atom. The van der Waals surface area contributed by atoms with Crippen molar-refractivity contribution in [3.05, 3.63) is 84.0 Å². The van der Waals surface area contributed by atoms with Gasteiger partial charge in [-0.1, -0.05) is 50.3 Å². The van der Waals surface area contributed by atoms with Gasteiger partial charge >= 0.3 is 0 Å². The molecular weight excluding hydrogens is 534 g/mol. The molecule has 0 radical (unpaired) electrons. The van der Waals surface area contributed by atoms with E-state index in [9.17, 15) is 14.4 Å². The maximum absolute atomic E-state index is 11.3. The van der Waals surface area contributed by atoms with E-state index in [2.05, 4.69) is 60.5 Å². The van der Waals surface area contributed by atoms with Gasteiger partial charge in [-0.15, -0.1) is 0 Å². The van der Waals surface area contributed by atoms with Gasteiger partial charge in [-0.3, -0.25) is 19.3 Å². The number of hydrogen-bond acceptors (Lipinski definition) is 8. The molecule has 0 spiro atoms. The Bertz CT molecular complexity index is 1220. The zero-order valence-corrected chi connectivity index (χ0v) is 25.3. The van der Waals surface area contributed by atoms with E-state index in [0.717, 1.165) is 22.8 Å². The summed E-state index contributed by atoms with van der Waals surface area (Å²) in [5, 5.41) is 3.26. The number of carbonyl (C=O) groups is 3. The number of fused-ring (bicyclic) bond motifs is 1. The number of amides is 2. The molecule has 2 heterocycles. The summed E-state index contributed by atoms with van der Waals surface area (Å²) in [5.41, 5.74) is 3.55. The molecule has 1 fully saturated rings. The molecule has 0 aromatic heterocycles. The van der Waals surface area contributed by atoms with Gasteiger partial charge in [0.2, 0.25) is 0 Å². The molecule has 2 aromatic carbocycles. The molecule has 226 valence electrons. The fourth-order valence-corrected chi connectivity index (χ4v) is 4.33. The van der Waals surface area contributed by atoms with E-state index in [1.807, 2.05) is 19.1 Å². The molecule has 42 heavy (non-hydrogen) atoms. The van der Waals surface area contributed by atoms with Crippen molar-refractivity contribution in [2.45, 2.75) is 40.2 Å². The predicted molar refractivity (Wildman–Crippen MR) is 165 cm³/mol. The molecule has 1 N–H and O–H groups in total. The Hall–Kier alpha value is -3.79. The molecule has 2 aromatic rings. The van der Waals surface area contributed by atoms with Gasteiger partial charge in [0.25, 0.3) is 11.8 Å². The lowest BCUT2D eigenvalue weighted by atomic mass is 9.86. The third-order valence-corrected chi connectivity index (χ3v) is 6.71. The first-order valence-electron chi connectivity index (χ1n) is 14.2. The first kappa shape index (κ1) is 32.7. The lowest BCUT2D eigenvalue weighted by Crippen LogP contribution is -2.30. The Morgan fingerprint density at radius 2 is 1.71 bits per heavy atom. The summed E-state index contributed by atoms with van der Waals surface area (Å²) >= 11 is 0. The molecule has 2 aliphatic heterocycles. The number of rotatable bonds is 7. The van der Waals surface area contributed by atoms with Crippen molar-refractivity contribution < 1.29 is 28.6 Å². The van der Waals surface area contributed by atoms with Gasteiger partial charge in [-0.2, -0.15) is 0 Å². The van der Waals surface area contributed by atoms with Crippen LogP contribution in [0.4, 0.5) is 11.4 Å². The highest BCUT2D eigenvalue weighted by Crippen LogP contribution is 2.25. The summed E-state index contributed by atoms with van der Waals surface area (Å²) in [7, 11) is 1.49. The summed E-state index contributed by atoms with van der Waals surface area (Å²) in [5.74, 6) is -0.381. The minimum atomic E-state index is -0.212. The number of anilines is 2. The van der Waals surface area contributed by atoms with Crippen molar-refractivity contribution in [2.75, 3.05) is 57.1 Å². The highest BCUT2D eigenvalue weighted by Gasteiger charge is 2.31. The first-order valence-corrected chi connectivity index (χ1v) is 14.2. The molecule has 9 heteroatoms. The largest absolute Gasteiger partial charge is 0.383 e. The van der Waals surface area contributed by atoms with Crippen LogP contribution in [0.3, 0.4) is 0 Å². The van der Waals surface area contributed by atoms with Crippen LogP contribution in [0.2, 0.25) is 0 Å². The minimum Gasteiger partial charge on any atom is -0.383 e. The van der Waals surface area contributed by atoms with Crippen molar-refractivity contribution in [1.82, 2.24) is 4.90 Å². The highest BCUT2D eigenvalue weighted by atomic mass is 16.7. The average Bonchev–Trinajstić information content (AvgIpc) is 3.10. The monoisotopic (exact) mass is 577 g/mol. The highest BCUT2D eigenvalue weighted by molar-refractivity contribution is 6.21. The standard InChI is InChI=1S/C16H24N2O4.C9H7NO2.C8H12/c1-13(19)10-20-8-7-17-15-3-5-16(6-4-15)18-9-14(2)22-12-21-11-18;1-10-8(11)6-4-2-3-5-7(6)9(10)12;1-8(2)6-4-3-5-7-8/h3-6,14,17H,7-12H2,1-2H3;2-5H,1H3;3-6H,7H2,1-2H3/t14-;;/m0../s1. The van der Waals surface area contributed by atoms with Crippen molar-refractivity contribution in [3.63, 3.8) is 0 Å². The van der Waals surface area contributed by atoms with Gasteiger partial charge in [0.05, 0.1) is 23.8 Å². The summed E-state index contributed by atoms with van der Waals surface area (Å²) in [6, 6.07) is 15.0. The molecule has 1 saturated heterocycles. The van der Waals surface area contributed by atoms with Crippen LogP contribution in [-0.2, 0) is 19.0 Å². The molecular formula is C33H43N3O6. The third kappa shape index (κ3) is 10.2. The average molecular weight is 578 g/mol. The Labute approximate surface area is 249 Å². The van der Waals surface area contributed by atoms with Gasteiger partial charge in [-0.05, 0) is 62.1 Å². The van der Waals surface area contributed by atoms with E-state index < -0.39 is 0 Å². The maximum atomic E-state index is 11.3. The van der Waals surface area contributed by atoms with E-state index in [1.54, 1.807) is 24.3 Å². The first-order chi connectivity index (χ1) is 20.1. The van der Waals surface area contributed by atoms with Crippen LogP contribution in [0.25, 0.3) is 0 Å². The second kappa shape index (κ2) is 16.0. The molecule has 3 aliphatic rings. The molecule has 0 bridgehead atoms. The molecule has 1 atom stereocenters. The van der Waals surface area contributed by atoms with Crippen LogP contribution in [0.1, 0.15) is 54.8 Å². The molecule has 0 unspecified atom stereocenters. The number of allylic oxidation sites excluding steroid dienone is 4. The van der Waals surface area contributed by atoms with E-state index in [4.69, 9.17) is 14.2 Å². The van der Waals surface area contributed by atoms with Crippen molar-refractivity contribution in [2.24, 2.45) is 5.41 Å². The molecule has 2 amide bonds. The molecule has 5 rings (SSSR count). The zero-order valence-electron chi connectivity index (χ0n) is 25.3. The topological polar surface area (TPSA) is 97.4 Å². The number of benzene rings is 2. The number of nitrogens with one attached hydrogen (secondary N) is 1. The SMILES string of the molecule is CC(=O)COCCNc1ccc(N2COCO[C@@H](C)C2)cc1.CC1(C)C=CC=CC1.CN1C(=O)c2ccccc2C1=O. The van der Waals surface area contributed by atoms with E-state index >= 15 is 0 Å². The number of Topliss-reactive ketones (excluding diaryl/α,β-unsaturated/α-hetero) is 1. The smallest absolute Gasteiger partial charge is 0.261 e. The van der Waals surface area contributed by atoms with Crippen LogP contribution in [0.5, 0.6) is 0 Å². The van der Waals surface area contributed by atoms with E-state index in [-0.39, 0.29) is 30.3 Å². The second-order valence-corrected chi connectivity index (χ2v) is 11.1. The molecule has 1 aliphatic carbocycles. The van der Waals surface area contributed by atoms with Crippen molar-refractivity contribution >= 4 is 29.0 Å². The van der Waals surface area contributed by atoms with Crippen LogP contribution < -0.4 is 10.2 Å². The second-order valence-electron chi connectivity index (χ2n) is 11.1. The predicted octanol–water partition coefficient (Wildman–Crippen LogP) is 5.30. The van der Waals surface area contributed by atoms with Gasteiger partial charge in [0.1, 0.15) is 20.1 Å². The molecule has 9 nitrogen and oxygen atoms in total. The number of carbonyl (C=O) groups excluding carboxylic acids is 3.